The number of hydrogen-bond acceptors (Lipinski definition) is 2. The van der Waals surface area contributed by atoms with Gasteiger partial charge in [0.1, 0.15) is 0 Å². The van der Waals surface area contributed by atoms with E-state index >= 15 is 0 Å². The lowest BCUT2D eigenvalue weighted by Gasteiger charge is -2.25. The molecule has 1 saturated heterocycles. The summed E-state index contributed by atoms with van der Waals surface area (Å²) in [6, 6.07) is 11.3. The molecule has 1 amide bonds. The third kappa shape index (κ3) is 3.57. The van der Waals surface area contributed by atoms with Crippen LogP contribution in [0.4, 0.5) is 0 Å². The Labute approximate surface area is 116 Å². The van der Waals surface area contributed by atoms with Crippen LogP contribution in [0.5, 0.6) is 0 Å². The van der Waals surface area contributed by atoms with E-state index in [2.05, 4.69) is 41.4 Å². The summed E-state index contributed by atoms with van der Waals surface area (Å²) in [5, 5.41) is 3.13. The Kier molecular flexibility index (Phi) is 4.59. The minimum atomic E-state index is 0.0700. The first-order chi connectivity index (χ1) is 9.08. The van der Waals surface area contributed by atoms with Gasteiger partial charge in [-0.05, 0) is 18.9 Å². The van der Waals surface area contributed by atoms with Crippen LogP contribution in [0.15, 0.2) is 30.3 Å². The number of amides is 1. The number of likely N-dealkylation sites (tertiary alicyclic amines) is 1. The average Bonchev–Trinajstić information content (AvgIpc) is 2.87. The molecule has 0 aliphatic carbocycles. The van der Waals surface area contributed by atoms with Gasteiger partial charge in [-0.25, -0.2) is 0 Å². The minimum absolute atomic E-state index is 0.0700. The number of carbonyl (C=O) groups is 1. The largest absolute Gasteiger partial charge is 0.352 e. The molecule has 1 aromatic rings. The van der Waals surface area contributed by atoms with Crippen molar-refractivity contribution in [3.63, 3.8) is 0 Å². The highest BCUT2D eigenvalue weighted by molar-refractivity contribution is 5.78. The van der Waals surface area contributed by atoms with Crippen LogP contribution in [0.2, 0.25) is 0 Å². The zero-order valence-electron chi connectivity index (χ0n) is 12.1. The fraction of sp³-hybridized carbons (Fsp3) is 0.562. The van der Waals surface area contributed by atoms with Crippen molar-refractivity contribution in [2.24, 2.45) is 5.92 Å². The maximum atomic E-state index is 11.7. The summed E-state index contributed by atoms with van der Waals surface area (Å²) in [7, 11) is 0. The molecule has 0 bridgehead atoms. The summed E-state index contributed by atoms with van der Waals surface area (Å²) in [5.74, 6) is 0.236. The Balaban J connectivity index is 1.90. The van der Waals surface area contributed by atoms with E-state index in [-0.39, 0.29) is 11.8 Å². The van der Waals surface area contributed by atoms with Gasteiger partial charge in [0, 0.05) is 31.1 Å². The van der Waals surface area contributed by atoms with Gasteiger partial charge in [0.15, 0.2) is 0 Å². The van der Waals surface area contributed by atoms with E-state index in [1.165, 1.54) is 5.56 Å². The van der Waals surface area contributed by atoms with Gasteiger partial charge in [0.2, 0.25) is 5.91 Å². The predicted molar refractivity (Wildman–Crippen MR) is 77.8 cm³/mol. The third-order valence-corrected chi connectivity index (χ3v) is 3.92. The Bertz CT molecular complexity index is 416. The lowest BCUT2D eigenvalue weighted by molar-refractivity contribution is -0.124. The Morgan fingerprint density at radius 3 is 2.58 bits per heavy atom. The molecule has 1 aliphatic heterocycles. The van der Waals surface area contributed by atoms with Crippen LogP contribution >= 0.6 is 0 Å². The fourth-order valence-electron chi connectivity index (χ4n) is 2.57. The van der Waals surface area contributed by atoms with Crippen molar-refractivity contribution < 1.29 is 4.79 Å². The molecule has 0 radical (unpaired) electrons. The van der Waals surface area contributed by atoms with Gasteiger partial charge in [-0.3, -0.25) is 9.69 Å². The second-order valence-electron chi connectivity index (χ2n) is 5.73. The van der Waals surface area contributed by atoms with Crippen LogP contribution in [-0.4, -0.2) is 29.9 Å². The van der Waals surface area contributed by atoms with Crippen LogP contribution in [-0.2, 0) is 4.79 Å². The molecule has 1 aromatic carbocycles. The van der Waals surface area contributed by atoms with Gasteiger partial charge in [0.25, 0.3) is 0 Å². The maximum absolute atomic E-state index is 11.7. The number of hydrogen-bond donors (Lipinski definition) is 1. The monoisotopic (exact) mass is 260 g/mol. The molecule has 0 saturated carbocycles. The smallest absolute Gasteiger partial charge is 0.222 e. The summed E-state index contributed by atoms with van der Waals surface area (Å²) in [4.78, 5) is 14.2. The Morgan fingerprint density at radius 2 is 1.95 bits per heavy atom. The highest BCUT2D eigenvalue weighted by Gasteiger charge is 2.27. The van der Waals surface area contributed by atoms with Crippen LogP contribution in [0.25, 0.3) is 0 Å². The molecular formula is C16H24N2O. The van der Waals surface area contributed by atoms with E-state index < -0.39 is 0 Å². The standard InChI is InChI=1S/C16H24N2O/c1-12(2)16(19)17-15-9-10-18(11-15)13(3)14-7-5-4-6-8-14/h4-8,12-13,15H,9-11H2,1-3H3,(H,17,19)/t13-,15-/m1/s1. The molecule has 104 valence electrons. The quantitative estimate of drug-likeness (QED) is 0.902. The molecule has 1 aliphatic rings. The molecule has 19 heavy (non-hydrogen) atoms. The highest BCUT2D eigenvalue weighted by Crippen LogP contribution is 2.24. The second-order valence-corrected chi connectivity index (χ2v) is 5.73. The molecule has 0 aromatic heterocycles. The lowest BCUT2D eigenvalue weighted by Crippen LogP contribution is -2.39. The molecule has 1 fully saturated rings. The van der Waals surface area contributed by atoms with Crippen LogP contribution in [0.1, 0.15) is 38.8 Å². The highest BCUT2D eigenvalue weighted by atomic mass is 16.1. The summed E-state index contributed by atoms with van der Waals surface area (Å²) >= 11 is 0. The van der Waals surface area contributed by atoms with Crippen LogP contribution in [0, 0.1) is 5.92 Å². The van der Waals surface area contributed by atoms with E-state index in [0.29, 0.717) is 12.1 Å². The number of nitrogens with zero attached hydrogens (tertiary/aromatic N) is 1. The summed E-state index contributed by atoms with van der Waals surface area (Å²) < 4.78 is 0. The normalized spacial score (nSPS) is 21.6. The van der Waals surface area contributed by atoms with Gasteiger partial charge in [0.05, 0.1) is 0 Å². The summed E-state index contributed by atoms with van der Waals surface area (Å²) in [6.07, 6.45) is 1.05. The fourth-order valence-corrected chi connectivity index (χ4v) is 2.57. The molecule has 3 nitrogen and oxygen atoms in total. The first kappa shape index (κ1) is 14.1. The zero-order chi connectivity index (χ0) is 13.8. The predicted octanol–water partition coefficient (Wildman–Crippen LogP) is 2.59. The van der Waals surface area contributed by atoms with Crippen molar-refractivity contribution in [3.8, 4) is 0 Å². The van der Waals surface area contributed by atoms with Gasteiger partial charge in [-0.15, -0.1) is 0 Å². The van der Waals surface area contributed by atoms with Crippen molar-refractivity contribution in [2.45, 2.75) is 39.3 Å². The van der Waals surface area contributed by atoms with Crippen LogP contribution < -0.4 is 5.32 Å². The molecular weight excluding hydrogens is 236 g/mol. The number of rotatable bonds is 4. The van der Waals surface area contributed by atoms with Crippen molar-refractivity contribution in [1.29, 1.82) is 0 Å². The van der Waals surface area contributed by atoms with Crippen molar-refractivity contribution in [3.05, 3.63) is 35.9 Å². The first-order valence-corrected chi connectivity index (χ1v) is 7.17. The zero-order valence-corrected chi connectivity index (χ0v) is 12.1. The third-order valence-electron chi connectivity index (χ3n) is 3.92. The van der Waals surface area contributed by atoms with E-state index in [4.69, 9.17) is 0 Å². The molecule has 1 heterocycles. The first-order valence-electron chi connectivity index (χ1n) is 7.17. The molecule has 2 atom stereocenters. The molecule has 0 unspecified atom stereocenters. The molecule has 3 heteroatoms. The number of benzene rings is 1. The maximum Gasteiger partial charge on any atom is 0.222 e. The van der Waals surface area contributed by atoms with E-state index in [0.717, 1.165) is 19.5 Å². The lowest BCUT2D eigenvalue weighted by atomic mass is 10.1. The van der Waals surface area contributed by atoms with Crippen molar-refractivity contribution >= 4 is 5.91 Å². The van der Waals surface area contributed by atoms with Crippen molar-refractivity contribution in [1.82, 2.24) is 10.2 Å². The molecule has 0 spiro atoms. The number of carbonyl (C=O) groups excluding carboxylic acids is 1. The molecule has 2 rings (SSSR count). The Morgan fingerprint density at radius 1 is 1.26 bits per heavy atom. The van der Waals surface area contributed by atoms with Gasteiger partial charge < -0.3 is 5.32 Å². The second kappa shape index (κ2) is 6.20. The van der Waals surface area contributed by atoms with Crippen LogP contribution in [0.3, 0.4) is 0 Å². The van der Waals surface area contributed by atoms with Crippen molar-refractivity contribution in [2.75, 3.05) is 13.1 Å². The Hall–Kier alpha value is -1.35. The van der Waals surface area contributed by atoms with Gasteiger partial charge >= 0.3 is 0 Å². The molecule has 1 N–H and O–H groups in total. The minimum Gasteiger partial charge on any atom is -0.352 e. The average molecular weight is 260 g/mol. The summed E-state index contributed by atoms with van der Waals surface area (Å²) in [5.41, 5.74) is 1.35. The topological polar surface area (TPSA) is 32.3 Å². The van der Waals surface area contributed by atoms with E-state index in [9.17, 15) is 4.79 Å². The van der Waals surface area contributed by atoms with E-state index in [1.807, 2.05) is 19.9 Å². The van der Waals surface area contributed by atoms with Gasteiger partial charge in [-0.2, -0.15) is 0 Å². The van der Waals surface area contributed by atoms with E-state index in [1.54, 1.807) is 0 Å². The number of nitrogens with one attached hydrogen (secondary N) is 1. The SMILES string of the molecule is CC(C)C(=O)N[C@@H]1CCN([C@H](C)c2ccccc2)C1. The summed E-state index contributed by atoms with van der Waals surface area (Å²) in [6.45, 7) is 8.12. The van der Waals surface area contributed by atoms with Gasteiger partial charge in [-0.1, -0.05) is 44.2 Å².